The van der Waals surface area contributed by atoms with E-state index in [0.29, 0.717) is 0 Å². The Bertz CT molecular complexity index is 452. The molecule has 0 bridgehead atoms. The summed E-state index contributed by atoms with van der Waals surface area (Å²) < 4.78 is 0. The van der Waals surface area contributed by atoms with Gasteiger partial charge in [0, 0.05) is 11.2 Å². The van der Waals surface area contributed by atoms with Crippen molar-refractivity contribution in [2.24, 2.45) is 0 Å². The van der Waals surface area contributed by atoms with E-state index in [2.05, 4.69) is 56.1 Å². The third-order valence-electron chi connectivity index (χ3n) is 2.68. The number of aromatic amines is 1. The minimum atomic E-state index is 1.21. The van der Waals surface area contributed by atoms with Crippen molar-refractivity contribution < 1.29 is 0 Å². The van der Waals surface area contributed by atoms with Gasteiger partial charge in [-0.3, -0.25) is 0 Å². The van der Waals surface area contributed by atoms with Crippen LogP contribution >= 0.6 is 0 Å². The van der Waals surface area contributed by atoms with Crippen molar-refractivity contribution in [3.8, 4) is 0 Å². The summed E-state index contributed by atoms with van der Waals surface area (Å²) in [5.74, 6) is 0. The zero-order chi connectivity index (χ0) is 10.1. The number of nitrogens with one attached hydrogen (secondary N) is 1. The summed E-state index contributed by atoms with van der Waals surface area (Å²) >= 11 is 0. The number of allylic oxidation sites excluding steroid dienone is 2. The average Bonchev–Trinajstić information content (AvgIpc) is 2.59. The SMILES string of the molecule is CC(C)=C(C)c1cc2ccccc2[nH]1. The van der Waals surface area contributed by atoms with E-state index in [1.54, 1.807) is 0 Å². The van der Waals surface area contributed by atoms with E-state index in [1.807, 2.05) is 0 Å². The van der Waals surface area contributed by atoms with Gasteiger partial charge in [-0.1, -0.05) is 23.8 Å². The van der Waals surface area contributed by atoms with E-state index in [0.717, 1.165) is 0 Å². The van der Waals surface area contributed by atoms with Gasteiger partial charge in [0.05, 0.1) is 0 Å². The number of hydrogen-bond acceptors (Lipinski definition) is 0. The predicted molar refractivity (Wildman–Crippen MR) is 62.2 cm³/mol. The molecule has 1 heterocycles. The average molecular weight is 185 g/mol. The summed E-state index contributed by atoms with van der Waals surface area (Å²) in [6.45, 7) is 6.43. The van der Waals surface area contributed by atoms with Crippen LogP contribution in [0.25, 0.3) is 16.5 Å². The Kier molecular flexibility index (Phi) is 2.16. The summed E-state index contributed by atoms with van der Waals surface area (Å²) in [5, 5.41) is 1.28. The monoisotopic (exact) mass is 185 g/mol. The van der Waals surface area contributed by atoms with Crippen molar-refractivity contribution in [1.82, 2.24) is 4.98 Å². The Balaban J connectivity index is 2.61. The minimum absolute atomic E-state index is 1.21. The van der Waals surface area contributed by atoms with Gasteiger partial charge >= 0.3 is 0 Å². The second kappa shape index (κ2) is 3.33. The third-order valence-corrected chi connectivity index (χ3v) is 2.68. The number of fused-ring (bicyclic) bond motifs is 1. The maximum atomic E-state index is 3.42. The van der Waals surface area contributed by atoms with Crippen molar-refractivity contribution in [2.75, 3.05) is 0 Å². The summed E-state index contributed by atoms with van der Waals surface area (Å²) in [7, 11) is 0. The van der Waals surface area contributed by atoms with Crippen LogP contribution in [0.3, 0.4) is 0 Å². The molecule has 0 unspecified atom stereocenters. The maximum Gasteiger partial charge on any atom is 0.0458 e. The van der Waals surface area contributed by atoms with Crippen molar-refractivity contribution >= 4 is 16.5 Å². The number of aromatic nitrogens is 1. The molecule has 0 amide bonds. The Morgan fingerprint density at radius 3 is 2.43 bits per heavy atom. The van der Waals surface area contributed by atoms with E-state index < -0.39 is 0 Å². The van der Waals surface area contributed by atoms with Gasteiger partial charge in [-0.2, -0.15) is 0 Å². The standard InChI is InChI=1S/C13H15N/c1-9(2)10(3)13-8-11-6-4-5-7-12(11)14-13/h4-8,14H,1-3H3. The highest BCUT2D eigenvalue weighted by atomic mass is 14.7. The molecule has 0 saturated heterocycles. The van der Waals surface area contributed by atoms with Gasteiger partial charge in [-0.25, -0.2) is 0 Å². The normalized spacial score (nSPS) is 10.5. The van der Waals surface area contributed by atoms with Crippen molar-refractivity contribution in [2.45, 2.75) is 20.8 Å². The Morgan fingerprint density at radius 2 is 1.79 bits per heavy atom. The van der Waals surface area contributed by atoms with Crippen molar-refractivity contribution in [3.05, 3.63) is 41.6 Å². The van der Waals surface area contributed by atoms with Crippen LogP contribution in [0.2, 0.25) is 0 Å². The van der Waals surface area contributed by atoms with E-state index in [-0.39, 0.29) is 0 Å². The Labute approximate surface area is 84.5 Å². The lowest BCUT2D eigenvalue weighted by Crippen LogP contribution is -1.80. The van der Waals surface area contributed by atoms with Crippen LogP contribution in [0, 0.1) is 0 Å². The lowest BCUT2D eigenvalue weighted by Gasteiger charge is -1.99. The smallest absolute Gasteiger partial charge is 0.0458 e. The number of benzene rings is 1. The molecule has 0 spiro atoms. The molecule has 0 atom stereocenters. The molecule has 0 saturated carbocycles. The van der Waals surface area contributed by atoms with Gasteiger partial charge < -0.3 is 4.98 Å². The van der Waals surface area contributed by atoms with Gasteiger partial charge in [-0.15, -0.1) is 0 Å². The van der Waals surface area contributed by atoms with E-state index in [9.17, 15) is 0 Å². The lowest BCUT2D eigenvalue weighted by molar-refractivity contribution is 1.31. The molecule has 72 valence electrons. The number of hydrogen-bond donors (Lipinski definition) is 1. The molecule has 1 N–H and O–H groups in total. The zero-order valence-electron chi connectivity index (χ0n) is 8.89. The quantitative estimate of drug-likeness (QED) is 0.691. The highest BCUT2D eigenvalue weighted by molar-refractivity contribution is 5.84. The largest absolute Gasteiger partial charge is 0.355 e. The topological polar surface area (TPSA) is 15.8 Å². The molecule has 14 heavy (non-hydrogen) atoms. The maximum absolute atomic E-state index is 3.42. The molecule has 0 aliphatic rings. The van der Waals surface area contributed by atoms with Crippen molar-refractivity contribution in [3.63, 3.8) is 0 Å². The molecule has 1 aromatic carbocycles. The highest BCUT2D eigenvalue weighted by Crippen LogP contribution is 2.22. The molecule has 1 heteroatoms. The van der Waals surface area contributed by atoms with Crippen LogP contribution in [0.15, 0.2) is 35.9 Å². The fourth-order valence-corrected chi connectivity index (χ4v) is 1.54. The molecular formula is C13H15N. The van der Waals surface area contributed by atoms with E-state index >= 15 is 0 Å². The molecule has 1 aromatic heterocycles. The molecule has 2 rings (SSSR count). The van der Waals surface area contributed by atoms with Crippen LogP contribution in [-0.2, 0) is 0 Å². The van der Waals surface area contributed by atoms with Crippen LogP contribution in [0.1, 0.15) is 26.5 Å². The van der Waals surface area contributed by atoms with Crippen LogP contribution in [-0.4, -0.2) is 4.98 Å². The predicted octanol–water partition coefficient (Wildman–Crippen LogP) is 3.98. The Morgan fingerprint density at radius 1 is 1.07 bits per heavy atom. The van der Waals surface area contributed by atoms with Crippen LogP contribution in [0.4, 0.5) is 0 Å². The zero-order valence-corrected chi connectivity index (χ0v) is 8.89. The molecule has 2 aromatic rings. The summed E-state index contributed by atoms with van der Waals surface area (Å²) in [5.41, 5.74) is 5.13. The van der Waals surface area contributed by atoms with E-state index in [4.69, 9.17) is 0 Å². The molecular weight excluding hydrogens is 170 g/mol. The number of rotatable bonds is 1. The summed E-state index contributed by atoms with van der Waals surface area (Å²) in [6.07, 6.45) is 0. The third kappa shape index (κ3) is 1.46. The molecule has 0 radical (unpaired) electrons. The van der Waals surface area contributed by atoms with Crippen molar-refractivity contribution in [1.29, 1.82) is 0 Å². The first kappa shape index (κ1) is 9.07. The molecule has 0 aliphatic heterocycles. The highest BCUT2D eigenvalue weighted by Gasteiger charge is 2.01. The number of H-pyrrole nitrogens is 1. The summed E-state index contributed by atoms with van der Waals surface area (Å²) in [6, 6.07) is 10.6. The van der Waals surface area contributed by atoms with Crippen LogP contribution in [0.5, 0.6) is 0 Å². The first-order chi connectivity index (χ1) is 6.68. The molecule has 0 aliphatic carbocycles. The van der Waals surface area contributed by atoms with Crippen LogP contribution < -0.4 is 0 Å². The first-order valence-electron chi connectivity index (χ1n) is 4.90. The van der Waals surface area contributed by atoms with Gasteiger partial charge in [0.25, 0.3) is 0 Å². The van der Waals surface area contributed by atoms with E-state index in [1.165, 1.54) is 27.7 Å². The Hall–Kier alpha value is -1.50. The van der Waals surface area contributed by atoms with Gasteiger partial charge in [-0.05, 0) is 43.9 Å². The second-order valence-corrected chi connectivity index (χ2v) is 3.90. The fourth-order valence-electron chi connectivity index (χ4n) is 1.54. The molecule has 1 nitrogen and oxygen atoms in total. The minimum Gasteiger partial charge on any atom is -0.355 e. The van der Waals surface area contributed by atoms with Gasteiger partial charge in [0.15, 0.2) is 0 Å². The number of para-hydroxylation sites is 1. The molecule has 0 fully saturated rings. The second-order valence-electron chi connectivity index (χ2n) is 3.90. The van der Waals surface area contributed by atoms with Gasteiger partial charge in [0.1, 0.15) is 0 Å². The lowest BCUT2D eigenvalue weighted by atomic mass is 10.1. The first-order valence-corrected chi connectivity index (χ1v) is 4.90. The summed E-state index contributed by atoms with van der Waals surface area (Å²) in [4.78, 5) is 3.42. The fraction of sp³-hybridized carbons (Fsp3) is 0.231. The van der Waals surface area contributed by atoms with Gasteiger partial charge in [0.2, 0.25) is 0 Å².